The first kappa shape index (κ1) is 17.6. The van der Waals surface area contributed by atoms with Gasteiger partial charge in [0.1, 0.15) is 0 Å². The normalized spacial score (nSPS) is 24.8. The molecule has 3 fully saturated rings. The van der Waals surface area contributed by atoms with Gasteiger partial charge in [-0.1, -0.05) is 0 Å². The van der Waals surface area contributed by atoms with Crippen LogP contribution in [0.25, 0.3) is 0 Å². The SMILES string of the molecule is CN1CCN(CC(=O)N2CCN(CCN3CCCC3)CC2)CC1=O. The zero-order chi connectivity index (χ0) is 16.9. The van der Waals surface area contributed by atoms with Crippen molar-refractivity contribution in [2.75, 3.05) is 85.6 Å². The van der Waals surface area contributed by atoms with Crippen LogP contribution in [0.1, 0.15) is 12.8 Å². The third-order valence-electron chi connectivity index (χ3n) is 5.55. The Morgan fingerprint density at radius 2 is 1.42 bits per heavy atom. The molecule has 3 aliphatic heterocycles. The van der Waals surface area contributed by atoms with E-state index in [1.54, 1.807) is 4.90 Å². The summed E-state index contributed by atoms with van der Waals surface area (Å²) in [5.74, 6) is 0.285. The number of amides is 2. The van der Waals surface area contributed by atoms with Crippen LogP contribution in [0.4, 0.5) is 0 Å². The zero-order valence-corrected chi connectivity index (χ0v) is 15.0. The van der Waals surface area contributed by atoms with Crippen LogP contribution < -0.4 is 0 Å². The number of rotatable bonds is 5. The van der Waals surface area contributed by atoms with E-state index < -0.39 is 0 Å². The summed E-state index contributed by atoms with van der Waals surface area (Å²) in [7, 11) is 1.82. The highest BCUT2D eigenvalue weighted by atomic mass is 16.2. The molecule has 0 radical (unpaired) electrons. The van der Waals surface area contributed by atoms with Gasteiger partial charge >= 0.3 is 0 Å². The third-order valence-corrected chi connectivity index (χ3v) is 5.55. The maximum absolute atomic E-state index is 12.5. The lowest BCUT2D eigenvalue weighted by Gasteiger charge is -2.37. The van der Waals surface area contributed by atoms with Crippen LogP contribution in [0, 0.1) is 0 Å². The molecule has 3 rings (SSSR count). The minimum absolute atomic E-state index is 0.112. The van der Waals surface area contributed by atoms with Crippen molar-refractivity contribution in [3.8, 4) is 0 Å². The Balaban J connectivity index is 1.35. The average molecular weight is 337 g/mol. The molecule has 3 heterocycles. The molecular weight excluding hydrogens is 306 g/mol. The zero-order valence-electron chi connectivity index (χ0n) is 15.0. The molecule has 0 N–H and O–H groups in total. The number of likely N-dealkylation sites (N-methyl/N-ethyl adjacent to an activating group) is 1. The van der Waals surface area contributed by atoms with Gasteiger partial charge in [-0.15, -0.1) is 0 Å². The van der Waals surface area contributed by atoms with Crippen molar-refractivity contribution in [2.24, 2.45) is 0 Å². The number of nitrogens with zero attached hydrogens (tertiary/aromatic N) is 5. The Morgan fingerprint density at radius 1 is 0.833 bits per heavy atom. The topological polar surface area (TPSA) is 50.3 Å². The number of carbonyl (C=O) groups is 2. The Hall–Kier alpha value is -1.18. The maximum Gasteiger partial charge on any atom is 0.236 e. The smallest absolute Gasteiger partial charge is 0.236 e. The van der Waals surface area contributed by atoms with Crippen molar-refractivity contribution in [1.82, 2.24) is 24.5 Å². The van der Waals surface area contributed by atoms with Crippen molar-refractivity contribution >= 4 is 11.8 Å². The van der Waals surface area contributed by atoms with E-state index in [0.717, 1.165) is 52.4 Å². The molecule has 0 spiro atoms. The Labute approximate surface area is 145 Å². The lowest BCUT2D eigenvalue weighted by atomic mass is 10.2. The van der Waals surface area contributed by atoms with Gasteiger partial charge in [0.25, 0.3) is 0 Å². The lowest BCUT2D eigenvalue weighted by Crippen LogP contribution is -2.55. The molecule has 136 valence electrons. The summed E-state index contributed by atoms with van der Waals surface area (Å²) in [5, 5.41) is 0. The molecule has 2 amide bonds. The van der Waals surface area contributed by atoms with Crippen LogP contribution >= 0.6 is 0 Å². The fourth-order valence-electron chi connectivity index (χ4n) is 3.74. The number of hydrogen-bond donors (Lipinski definition) is 0. The molecule has 0 aromatic rings. The summed E-state index contributed by atoms with van der Waals surface area (Å²) >= 11 is 0. The van der Waals surface area contributed by atoms with E-state index in [1.807, 2.05) is 16.8 Å². The molecule has 7 heteroatoms. The second-order valence-corrected chi connectivity index (χ2v) is 7.30. The highest BCUT2D eigenvalue weighted by Gasteiger charge is 2.26. The summed E-state index contributed by atoms with van der Waals surface area (Å²) < 4.78 is 0. The highest BCUT2D eigenvalue weighted by Crippen LogP contribution is 2.09. The Morgan fingerprint density at radius 3 is 2.04 bits per heavy atom. The number of hydrogen-bond acceptors (Lipinski definition) is 5. The Kier molecular flexibility index (Phi) is 6.08. The third kappa shape index (κ3) is 4.68. The van der Waals surface area contributed by atoms with Gasteiger partial charge in [-0.05, 0) is 25.9 Å². The van der Waals surface area contributed by atoms with Gasteiger partial charge in [0.15, 0.2) is 0 Å². The molecule has 0 aromatic carbocycles. The predicted octanol–water partition coefficient (Wildman–Crippen LogP) is -1.000. The molecule has 0 aromatic heterocycles. The summed E-state index contributed by atoms with van der Waals surface area (Å²) in [6.07, 6.45) is 2.69. The van der Waals surface area contributed by atoms with Crippen molar-refractivity contribution < 1.29 is 9.59 Å². The predicted molar refractivity (Wildman–Crippen MR) is 92.8 cm³/mol. The first-order valence-corrected chi connectivity index (χ1v) is 9.30. The highest BCUT2D eigenvalue weighted by molar-refractivity contribution is 5.81. The number of likely N-dealkylation sites (tertiary alicyclic amines) is 1. The number of carbonyl (C=O) groups excluding carboxylic acids is 2. The minimum Gasteiger partial charge on any atom is -0.343 e. The van der Waals surface area contributed by atoms with Gasteiger partial charge in [0.05, 0.1) is 13.1 Å². The summed E-state index contributed by atoms with van der Waals surface area (Å²) in [4.78, 5) is 34.9. The van der Waals surface area contributed by atoms with E-state index in [-0.39, 0.29) is 11.8 Å². The second kappa shape index (κ2) is 8.27. The molecule has 0 atom stereocenters. The molecule has 3 saturated heterocycles. The summed E-state index contributed by atoms with van der Waals surface area (Å²) in [5.41, 5.74) is 0. The summed E-state index contributed by atoms with van der Waals surface area (Å²) in [6.45, 7) is 10.6. The molecule has 7 nitrogen and oxygen atoms in total. The van der Waals surface area contributed by atoms with Crippen LogP contribution in [-0.2, 0) is 9.59 Å². The quantitative estimate of drug-likeness (QED) is 0.644. The van der Waals surface area contributed by atoms with E-state index in [4.69, 9.17) is 0 Å². The largest absolute Gasteiger partial charge is 0.343 e. The maximum atomic E-state index is 12.5. The van der Waals surface area contributed by atoms with Crippen LogP contribution in [0.5, 0.6) is 0 Å². The van der Waals surface area contributed by atoms with Crippen LogP contribution in [0.15, 0.2) is 0 Å². The minimum atomic E-state index is 0.112. The second-order valence-electron chi connectivity index (χ2n) is 7.30. The van der Waals surface area contributed by atoms with Gasteiger partial charge < -0.3 is 14.7 Å². The van der Waals surface area contributed by atoms with Gasteiger partial charge in [0.2, 0.25) is 11.8 Å². The van der Waals surface area contributed by atoms with Crippen molar-refractivity contribution in [1.29, 1.82) is 0 Å². The van der Waals surface area contributed by atoms with E-state index in [9.17, 15) is 9.59 Å². The molecule has 0 aliphatic carbocycles. The van der Waals surface area contributed by atoms with Gasteiger partial charge in [-0.2, -0.15) is 0 Å². The first-order chi connectivity index (χ1) is 11.6. The van der Waals surface area contributed by atoms with Crippen molar-refractivity contribution in [3.05, 3.63) is 0 Å². The van der Waals surface area contributed by atoms with E-state index in [1.165, 1.54) is 25.9 Å². The monoisotopic (exact) mass is 337 g/mol. The fourth-order valence-corrected chi connectivity index (χ4v) is 3.74. The van der Waals surface area contributed by atoms with Crippen molar-refractivity contribution in [3.63, 3.8) is 0 Å². The molecule has 0 saturated carbocycles. The van der Waals surface area contributed by atoms with Crippen LogP contribution in [-0.4, -0.2) is 122 Å². The average Bonchev–Trinajstić information content (AvgIpc) is 3.10. The lowest BCUT2D eigenvalue weighted by molar-refractivity contribution is -0.139. The van der Waals surface area contributed by atoms with Crippen LogP contribution in [0.2, 0.25) is 0 Å². The fraction of sp³-hybridized carbons (Fsp3) is 0.882. The van der Waals surface area contributed by atoms with Gasteiger partial charge in [-0.3, -0.25) is 19.4 Å². The standard InChI is InChI=1S/C17H31N5O2/c1-18-6-7-21(14-16(18)23)15-17(24)22-12-10-20(11-13-22)9-8-19-4-2-3-5-19/h2-15H2,1H3. The molecule has 0 bridgehead atoms. The van der Waals surface area contributed by atoms with E-state index in [2.05, 4.69) is 9.80 Å². The van der Waals surface area contributed by atoms with Gasteiger partial charge in [-0.25, -0.2) is 0 Å². The van der Waals surface area contributed by atoms with Crippen molar-refractivity contribution in [2.45, 2.75) is 12.8 Å². The Bertz CT molecular complexity index is 444. The van der Waals surface area contributed by atoms with E-state index in [0.29, 0.717) is 13.1 Å². The molecule has 24 heavy (non-hydrogen) atoms. The van der Waals surface area contributed by atoms with Crippen LogP contribution in [0.3, 0.4) is 0 Å². The molecule has 3 aliphatic rings. The van der Waals surface area contributed by atoms with E-state index >= 15 is 0 Å². The molecule has 0 unspecified atom stereocenters. The van der Waals surface area contributed by atoms with Gasteiger partial charge in [0, 0.05) is 59.4 Å². The molecular formula is C17H31N5O2. The first-order valence-electron chi connectivity index (χ1n) is 9.30. The summed E-state index contributed by atoms with van der Waals surface area (Å²) in [6, 6.07) is 0. The number of piperazine rings is 2.